The quantitative estimate of drug-likeness (QED) is 0.905. The first-order valence-electron chi connectivity index (χ1n) is 6.82. The molecule has 2 rings (SSSR count). The Morgan fingerprint density at radius 3 is 2.68 bits per heavy atom. The second-order valence-electron chi connectivity index (χ2n) is 4.79. The topological polar surface area (TPSA) is 50.9 Å². The molecule has 0 fully saturated rings. The Bertz CT molecular complexity index is 609. The van der Waals surface area contributed by atoms with Crippen molar-refractivity contribution in [3.63, 3.8) is 0 Å². The summed E-state index contributed by atoms with van der Waals surface area (Å²) in [6.45, 7) is 8.30. The molecule has 0 aromatic carbocycles. The summed E-state index contributed by atoms with van der Waals surface area (Å²) in [5.41, 5.74) is 3.76. The third-order valence-corrected chi connectivity index (χ3v) is 3.72. The molecule has 2 aromatic heterocycles. The first-order chi connectivity index (χ1) is 9.12. The zero-order chi connectivity index (χ0) is 14.0. The van der Waals surface area contributed by atoms with Gasteiger partial charge in [0.25, 0.3) is 6.01 Å². The summed E-state index contributed by atoms with van der Waals surface area (Å²) in [4.78, 5) is 8.49. The van der Waals surface area contributed by atoms with Crippen LogP contribution >= 0.6 is 0 Å². The van der Waals surface area contributed by atoms with E-state index in [9.17, 15) is 5.11 Å². The fourth-order valence-electron chi connectivity index (χ4n) is 2.36. The summed E-state index contributed by atoms with van der Waals surface area (Å²) >= 11 is 0. The molecule has 0 bridgehead atoms. The molecule has 4 nitrogen and oxygen atoms in total. The number of aromatic nitrogens is 3. The number of hydrogen-bond donors (Lipinski definition) is 1. The van der Waals surface area contributed by atoms with E-state index in [0.29, 0.717) is 5.65 Å². The number of hydrogen-bond acceptors (Lipinski definition) is 3. The van der Waals surface area contributed by atoms with E-state index in [0.717, 1.165) is 23.9 Å². The van der Waals surface area contributed by atoms with Crippen LogP contribution < -0.4 is 0 Å². The van der Waals surface area contributed by atoms with Crippen LogP contribution in [0.1, 0.15) is 52.1 Å². The first kappa shape index (κ1) is 13.6. The SMILES string of the molecule is CC=C(C)c1cnc2nc(O)n(C(CC)CC)c2c1. The number of imidazole rings is 1. The highest BCUT2D eigenvalue weighted by molar-refractivity contribution is 5.78. The van der Waals surface area contributed by atoms with Crippen LogP contribution in [0, 0.1) is 0 Å². The minimum absolute atomic E-state index is 0.0616. The zero-order valence-electron chi connectivity index (χ0n) is 12.0. The lowest BCUT2D eigenvalue weighted by atomic mass is 10.1. The van der Waals surface area contributed by atoms with E-state index in [2.05, 4.69) is 42.9 Å². The largest absolute Gasteiger partial charge is 0.480 e. The molecule has 0 radical (unpaired) electrons. The highest BCUT2D eigenvalue weighted by atomic mass is 16.3. The third kappa shape index (κ3) is 2.35. The summed E-state index contributed by atoms with van der Waals surface area (Å²) in [5, 5.41) is 10.1. The minimum Gasteiger partial charge on any atom is -0.480 e. The van der Waals surface area contributed by atoms with Crippen LogP contribution in [0.5, 0.6) is 6.01 Å². The number of nitrogens with zero attached hydrogens (tertiary/aromatic N) is 3. The third-order valence-electron chi connectivity index (χ3n) is 3.72. The fraction of sp³-hybridized carbons (Fsp3) is 0.467. The number of rotatable bonds is 4. The summed E-state index contributed by atoms with van der Waals surface area (Å²) in [5.74, 6) is 0. The van der Waals surface area contributed by atoms with Crippen molar-refractivity contribution in [3.05, 3.63) is 23.9 Å². The van der Waals surface area contributed by atoms with Gasteiger partial charge in [0.15, 0.2) is 5.65 Å². The number of fused-ring (bicyclic) bond motifs is 1. The molecule has 1 N–H and O–H groups in total. The molecule has 0 spiro atoms. The lowest BCUT2D eigenvalue weighted by Gasteiger charge is -2.16. The molecule has 4 heteroatoms. The van der Waals surface area contributed by atoms with Crippen LogP contribution in [0.4, 0.5) is 0 Å². The van der Waals surface area contributed by atoms with Crippen LogP contribution in [-0.4, -0.2) is 19.6 Å². The Morgan fingerprint density at radius 1 is 1.42 bits per heavy atom. The zero-order valence-corrected chi connectivity index (χ0v) is 12.0. The van der Waals surface area contributed by atoms with Gasteiger partial charge in [0.2, 0.25) is 0 Å². The summed E-state index contributed by atoms with van der Waals surface area (Å²) in [6, 6.07) is 2.38. The van der Waals surface area contributed by atoms with E-state index < -0.39 is 0 Å². The monoisotopic (exact) mass is 259 g/mol. The Kier molecular flexibility index (Phi) is 3.88. The van der Waals surface area contributed by atoms with Gasteiger partial charge < -0.3 is 5.11 Å². The highest BCUT2D eigenvalue weighted by Gasteiger charge is 2.17. The molecule has 0 aliphatic rings. The second kappa shape index (κ2) is 5.43. The molecule has 0 amide bonds. The van der Waals surface area contributed by atoms with Crippen molar-refractivity contribution in [1.29, 1.82) is 0 Å². The number of pyridine rings is 1. The van der Waals surface area contributed by atoms with Gasteiger partial charge in [-0.1, -0.05) is 19.9 Å². The maximum absolute atomic E-state index is 10.1. The Balaban J connectivity index is 2.65. The van der Waals surface area contributed by atoms with E-state index in [1.54, 1.807) is 6.20 Å². The molecule has 0 atom stereocenters. The molecule has 0 unspecified atom stereocenters. The molecule has 2 heterocycles. The summed E-state index contributed by atoms with van der Waals surface area (Å²) < 4.78 is 1.90. The summed E-state index contributed by atoms with van der Waals surface area (Å²) in [6.07, 6.45) is 5.78. The van der Waals surface area contributed by atoms with E-state index in [-0.39, 0.29) is 12.1 Å². The molecule has 102 valence electrons. The van der Waals surface area contributed by atoms with E-state index in [1.165, 1.54) is 5.57 Å². The molecule has 0 saturated heterocycles. The second-order valence-corrected chi connectivity index (χ2v) is 4.79. The van der Waals surface area contributed by atoms with Crippen molar-refractivity contribution >= 4 is 16.7 Å². The van der Waals surface area contributed by atoms with Crippen LogP contribution in [0.15, 0.2) is 18.3 Å². The molecular weight excluding hydrogens is 238 g/mol. The van der Waals surface area contributed by atoms with Gasteiger partial charge in [-0.05, 0) is 43.9 Å². The van der Waals surface area contributed by atoms with Crippen molar-refractivity contribution in [2.45, 2.75) is 46.6 Å². The lowest BCUT2D eigenvalue weighted by Crippen LogP contribution is -2.06. The molecule has 19 heavy (non-hydrogen) atoms. The molecule has 2 aromatic rings. The van der Waals surface area contributed by atoms with Crippen molar-refractivity contribution in [2.75, 3.05) is 0 Å². The van der Waals surface area contributed by atoms with Crippen molar-refractivity contribution in [3.8, 4) is 6.01 Å². The standard InChI is InChI=1S/C15H21N3O/c1-5-10(4)11-8-13-14(16-9-11)17-15(19)18(13)12(6-2)7-3/h5,8-9,12H,6-7H2,1-4H3,(H,16,17,19). The smallest absolute Gasteiger partial charge is 0.296 e. The van der Waals surface area contributed by atoms with Crippen molar-refractivity contribution in [1.82, 2.24) is 14.5 Å². The van der Waals surface area contributed by atoms with Crippen LogP contribution in [0.2, 0.25) is 0 Å². The van der Waals surface area contributed by atoms with Gasteiger partial charge >= 0.3 is 0 Å². The Hall–Kier alpha value is -1.84. The Labute approximate surface area is 113 Å². The molecule has 0 saturated carbocycles. The van der Waals surface area contributed by atoms with Gasteiger partial charge in [-0.15, -0.1) is 0 Å². The fourth-order valence-corrected chi connectivity index (χ4v) is 2.36. The Morgan fingerprint density at radius 2 is 2.11 bits per heavy atom. The van der Waals surface area contributed by atoms with Crippen LogP contribution in [-0.2, 0) is 0 Å². The van der Waals surface area contributed by atoms with E-state index in [1.807, 2.05) is 11.5 Å². The maximum Gasteiger partial charge on any atom is 0.296 e. The molecular formula is C15H21N3O. The van der Waals surface area contributed by atoms with E-state index >= 15 is 0 Å². The summed E-state index contributed by atoms with van der Waals surface area (Å²) in [7, 11) is 0. The normalized spacial score (nSPS) is 12.6. The minimum atomic E-state index is 0.0616. The average Bonchev–Trinajstić information content (AvgIpc) is 2.75. The highest BCUT2D eigenvalue weighted by Crippen LogP contribution is 2.29. The lowest BCUT2D eigenvalue weighted by molar-refractivity contribution is 0.361. The number of allylic oxidation sites excluding steroid dienone is 2. The van der Waals surface area contributed by atoms with Crippen molar-refractivity contribution in [2.24, 2.45) is 0 Å². The van der Waals surface area contributed by atoms with Crippen LogP contribution in [0.25, 0.3) is 16.7 Å². The van der Waals surface area contributed by atoms with Crippen LogP contribution in [0.3, 0.4) is 0 Å². The molecule has 0 aliphatic heterocycles. The van der Waals surface area contributed by atoms with Gasteiger partial charge in [-0.3, -0.25) is 4.57 Å². The van der Waals surface area contributed by atoms with Gasteiger partial charge in [0, 0.05) is 12.2 Å². The predicted molar refractivity (Wildman–Crippen MR) is 78.1 cm³/mol. The van der Waals surface area contributed by atoms with E-state index in [4.69, 9.17) is 0 Å². The van der Waals surface area contributed by atoms with Gasteiger partial charge in [0.1, 0.15) is 0 Å². The molecule has 0 aliphatic carbocycles. The number of aromatic hydroxyl groups is 1. The van der Waals surface area contributed by atoms with Crippen molar-refractivity contribution < 1.29 is 5.11 Å². The first-order valence-corrected chi connectivity index (χ1v) is 6.82. The average molecular weight is 259 g/mol. The maximum atomic E-state index is 10.1. The predicted octanol–water partition coefficient (Wildman–Crippen LogP) is 3.92. The van der Waals surface area contributed by atoms with Gasteiger partial charge in [0.05, 0.1) is 5.52 Å². The van der Waals surface area contributed by atoms with Gasteiger partial charge in [-0.2, -0.15) is 4.98 Å². The van der Waals surface area contributed by atoms with Gasteiger partial charge in [-0.25, -0.2) is 4.98 Å².